The molecule has 6 heteroatoms. The molecular formula is C14H20N4O2. The van der Waals surface area contributed by atoms with Crippen LogP contribution in [0.1, 0.15) is 44.8 Å². The van der Waals surface area contributed by atoms with Crippen LogP contribution < -0.4 is 0 Å². The van der Waals surface area contributed by atoms with Crippen LogP contribution in [0.2, 0.25) is 0 Å². The van der Waals surface area contributed by atoms with Gasteiger partial charge in [-0.2, -0.15) is 5.10 Å². The van der Waals surface area contributed by atoms with Crippen molar-refractivity contribution in [1.29, 1.82) is 0 Å². The lowest BCUT2D eigenvalue weighted by Gasteiger charge is -2.26. The van der Waals surface area contributed by atoms with Crippen molar-refractivity contribution in [3.05, 3.63) is 18.0 Å². The molecule has 108 valence electrons. The second-order valence-corrected chi connectivity index (χ2v) is 5.79. The van der Waals surface area contributed by atoms with Gasteiger partial charge in [-0.3, -0.25) is 14.4 Å². The first kappa shape index (κ1) is 13.1. The molecule has 0 aliphatic carbocycles. The Morgan fingerprint density at radius 3 is 2.80 bits per heavy atom. The summed E-state index contributed by atoms with van der Waals surface area (Å²) in [6.45, 7) is 5.07. The largest absolute Gasteiger partial charge is 0.327 e. The Labute approximate surface area is 118 Å². The van der Waals surface area contributed by atoms with Crippen LogP contribution in [-0.4, -0.2) is 44.1 Å². The van der Waals surface area contributed by atoms with Crippen molar-refractivity contribution in [3.63, 3.8) is 0 Å². The zero-order valence-electron chi connectivity index (χ0n) is 12.0. The molecule has 1 unspecified atom stereocenters. The van der Waals surface area contributed by atoms with Gasteiger partial charge >= 0.3 is 6.03 Å². The molecule has 20 heavy (non-hydrogen) atoms. The zero-order chi connectivity index (χ0) is 14.3. The predicted molar refractivity (Wildman–Crippen MR) is 72.9 cm³/mol. The number of hydrogen-bond acceptors (Lipinski definition) is 3. The van der Waals surface area contributed by atoms with Crippen LogP contribution in [0.25, 0.3) is 0 Å². The van der Waals surface area contributed by atoms with Gasteiger partial charge in [-0.05, 0) is 39.2 Å². The molecule has 2 aliphatic rings. The number of imide groups is 1. The maximum atomic E-state index is 12.3. The number of rotatable bonds is 3. The highest BCUT2D eigenvalue weighted by atomic mass is 16.2. The van der Waals surface area contributed by atoms with E-state index < -0.39 is 0 Å². The summed E-state index contributed by atoms with van der Waals surface area (Å²) in [6, 6.07) is 1.76. The Kier molecular flexibility index (Phi) is 3.23. The first-order chi connectivity index (χ1) is 9.58. The van der Waals surface area contributed by atoms with Gasteiger partial charge in [0.25, 0.3) is 5.91 Å². The third-order valence-corrected chi connectivity index (χ3v) is 4.04. The standard InChI is InChI=1S/C14H20N4O2/c1-10(2)18-8-6-11(15-18)9-17-13(19)12-5-3-4-7-16(12)14(17)20/h6,8,10,12H,3-5,7,9H2,1-2H3. The number of hydrogen-bond donors (Lipinski definition) is 0. The Morgan fingerprint density at radius 1 is 1.35 bits per heavy atom. The lowest BCUT2D eigenvalue weighted by molar-refractivity contribution is -0.129. The fourth-order valence-corrected chi connectivity index (χ4v) is 2.90. The molecular weight excluding hydrogens is 256 g/mol. The number of carbonyl (C=O) groups excluding carboxylic acids is 2. The summed E-state index contributed by atoms with van der Waals surface area (Å²) < 4.78 is 1.84. The van der Waals surface area contributed by atoms with Crippen LogP contribution in [0.5, 0.6) is 0 Å². The number of nitrogens with zero attached hydrogens (tertiary/aromatic N) is 4. The molecule has 3 rings (SSSR count). The first-order valence-corrected chi connectivity index (χ1v) is 7.24. The van der Waals surface area contributed by atoms with Crippen LogP contribution >= 0.6 is 0 Å². The third-order valence-electron chi connectivity index (χ3n) is 4.04. The molecule has 3 heterocycles. The van der Waals surface area contributed by atoms with Crippen molar-refractivity contribution in [2.24, 2.45) is 0 Å². The van der Waals surface area contributed by atoms with E-state index in [1.54, 1.807) is 4.90 Å². The monoisotopic (exact) mass is 276 g/mol. The van der Waals surface area contributed by atoms with Gasteiger partial charge in [-0.15, -0.1) is 0 Å². The molecule has 1 aromatic heterocycles. The lowest BCUT2D eigenvalue weighted by Crippen LogP contribution is -2.38. The van der Waals surface area contributed by atoms with E-state index >= 15 is 0 Å². The van der Waals surface area contributed by atoms with E-state index in [1.165, 1.54) is 4.90 Å². The predicted octanol–water partition coefficient (Wildman–Crippen LogP) is 1.78. The molecule has 2 fully saturated rings. The number of aromatic nitrogens is 2. The molecule has 1 aromatic rings. The fraction of sp³-hybridized carbons (Fsp3) is 0.643. The number of piperidine rings is 1. The van der Waals surface area contributed by atoms with E-state index in [-0.39, 0.29) is 30.6 Å². The Balaban J connectivity index is 1.76. The van der Waals surface area contributed by atoms with E-state index in [0.717, 1.165) is 25.0 Å². The topological polar surface area (TPSA) is 58.4 Å². The maximum absolute atomic E-state index is 12.3. The zero-order valence-corrected chi connectivity index (χ0v) is 12.0. The van der Waals surface area contributed by atoms with Crippen molar-refractivity contribution in [3.8, 4) is 0 Å². The quantitative estimate of drug-likeness (QED) is 0.791. The third kappa shape index (κ3) is 2.09. The summed E-state index contributed by atoms with van der Waals surface area (Å²) in [5.74, 6) is -0.0613. The number of carbonyl (C=O) groups is 2. The molecule has 0 spiro atoms. The van der Waals surface area contributed by atoms with Crippen molar-refractivity contribution in [1.82, 2.24) is 19.6 Å². The molecule has 0 N–H and O–H groups in total. The van der Waals surface area contributed by atoms with E-state index in [1.807, 2.05) is 30.8 Å². The SMILES string of the molecule is CC(C)n1ccc(CN2C(=O)C3CCCCN3C2=O)n1. The molecule has 0 bridgehead atoms. The Bertz CT molecular complexity index is 513. The smallest absolute Gasteiger partial charge is 0.312 e. The molecule has 2 saturated heterocycles. The van der Waals surface area contributed by atoms with E-state index in [9.17, 15) is 9.59 Å². The second kappa shape index (κ2) is 4.92. The van der Waals surface area contributed by atoms with Gasteiger partial charge in [-0.1, -0.05) is 0 Å². The minimum absolute atomic E-state index is 0.0613. The summed E-state index contributed by atoms with van der Waals surface area (Å²) in [5, 5.41) is 4.41. The van der Waals surface area contributed by atoms with Gasteiger partial charge in [0.05, 0.1) is 12.2 Å². The van der Waals surface area contributed by atoms with Crippen LogP contribution in [0.4, 0.5) is 4.79 Å². The molecule has 0 radical (unpaired) electrons. The summed E-state index contributed by atoms with van der Waals surface area (Å²) >= 11 is 0. The molecule has 6 nitrogen and oxygen atoms in total. The van der Waals surface area contributed by atoms with Gasteiger partial charge in [0.2, 0.25) is 0 Å². The Morgan fingerprint density at radius 2 is 2.15 bits per heavy atom. The molecule has 0 aromatic carbocycles. The van der Waals surface area contributed by atoms with Crippen LogP contribution in [0.15, 0.2) is 12.3 Å². The van der Waals surface area contributed by atoms with Crippen LogP contribution in [0, 0.1) is 0 Å². The number of amides is 3. The summed E-state index contributed by atoms with van der Waals surface area (Å²) in [6.07, 6.45) is 4.70. The highest BCUT2D eigenvalue weighted by molar-refractivity contribution is 6.04. The van der Waals surface area contributed by atoms with Gasteiger partial charge < -0.3 is 4.90 Å². The fourth-order valence-electron chi connectivity index (χ4n) is 2.90. The average molecular weight is 276 g/mol. The summed E-state index contributed by atoms with van der Waals surface area (Å²) in [7, 11) is 0. The molecule has 0 saturated carbocycles. The summed E-state index contributed by atoms with van der Waals surface area (Å²) in [5.41, 5.74) is 0.764. The molecule has 2 aliphatic heterocycles. The van der Waals surface area contributed by atoms with E-state index in [0.29, 0.717) is 6.54 Å². The van der Waals surface area contributed by atoms with Gasteiger partial charge in [0.1, 0.15) is 6.04 Å². The highest BCUT2D eigenvalue weighted by Crippen LogP contribution is 2.27. The highest BCUT2D eigenvalue weighted by Gasteiger charge is 2.45. The van der Waals surface area contributed by atoms with Gasteiger partial charge in [0.15, 0.2) is 0 Å². The van der Waals surface area contributed by atoms with Gasteiger partial charge in [0, 0.05) is 18.8 Å². The van der Waals surface area contributed by atoms with Crippen molar-refractivity contribution in [2.45, 2.75) is 51.7 Å². The average Bonchev–Trinajstić information content (AvgIpc) is 3.00. The first-order valence-electron chi connectivity index (χ1n) is 7.24. The minimum atomic E-state index is -0.233. The van der Waals surface area contributed by atoms with E-state index in [4.69, 9.17) is 0 Å². The van der Waals surface area contributed by atoms with Crippen LogP contribution in [-0.2, 0) is 11.3 Å². The normalized spacial score (nSPS) is 22.9. The van der Waals surface area contributed by atoms with Crippen molar-refractivity contribution < 1.29 is 9.59 Å². The maximum Gasteiger partial charge on any atom is 0.327 e. The second-order valence-electron chi connectivity index (χ2n) is 5.79. The van der Waals surface area contributed by atoms with Crippen molar-refractivity contribution >= 4 is 11.9 Å². The Hall–Kier alpha value is -1.85. The van der Waals surface area contributed by atoms with E-state index in [2.05, 4.69) is 5.10 Å². The molecule has 1 atom stereocenters. The number of urea groups is 1. The lowest BCUT2D eigenvalue weighted by atomic mass is 10.0. The summed E-state index contributed by atoms with van der Waals surface area (Å²) in [4.78, 5) is 27.7. The van der Waals surface area contributed by atoms with Gasteiger partial charge in [-0.25, -0.2) is 4.79 Å². The van der Waals surface area contributed by atoms with Crippen molar-refractivity contribution in [2.75, 3.05) is 6.54 Å². The number of fused-ring (bicyclic) bond motifs is 1. The van der Waals surface area contributed by atoms with Crippen LogP contribution in [0.3, 0.4) is 0 Å². The minimum Gasteiger partial charge on any atom is -0.312 e. The molecule has 3 amide bonds.